The topological polar surface area (TPSA) is 0 Å². The van der Waals surface area contributed by atoms with Crippen molar-refractivity contribution < 1.29 is 0 Å². The van der Waals surface area contributed by atoms with Crippen LogP contribution in [0.4, 0.5) is 0 Å². The molecule has 1 heterocycles. The van der Waals surface area contributed by atoms with Gasteiger partial charge < -0.3 is 0 Å². The largest absolute Gasteiger partial charge is 0.131 e. The highest BCUT2D eigenvalue weighted by Gasteiger charge is 2.16. The number of thioether (sulfide) groups is 1. The Morgan fingerprint density at radius 2 is 2.00 bits per heavy atom. The third-order valence-corrected chi connectivity index (χ3v) is 6.84. The lowest BCUT2D eigenvalue weighted by Gasteiger charge is -2.12. The van der Waals surface area contributed by atoms with E-state index < -0.39 is 0 Å². The summed E-state index contributed by atoms with van der Waals surface area (Å²) in [6.07, 6.45) is 2.12. The average molecular weight is 392 g/mol. The molecule has 0 aliphatic heterocycles. The molecule has 0 saturated carbocycles. The van der Waals surface area contributed by atoms with Gasteiger partial charge in [-0.1, -0.05) is 34.1 Å². The molecule has 0 spiro atoms. The van der Waals surface area contributed by atoms with Crippen molar-refractivity contribution in [3.63, 3.8) is 0 Å². The van der Waals surface area contributed by atoms with Crippen LogP contribution in [-0.2, 0) is 0 Å². The Hall–Kier alpha value is 0.230. The number of hydrogen-bond donors (Lipinski definition) is 0. The van der Waals surface area contributed by atoms with Crippen LogP contribution in [0.15, 0.2) is 39.0 Å². The van der Waals surface area contributed by atoms with Crippen LogP contribution < -0.4 is 0 Å². The van der Waals surface area contributed by atoms with Crippen LogP contribution in [0.3, 0.4) is 0 Å². The number of thiophene rings is 1. The van der Waals surface area contributed by atoms with Crippen molar-refractivity contribution in [3.05, 3.63) is 50.1 Å². The molecule has 0 amide bonds. The fraction of sp³-hybridized carbons (Fsp3) is 0.231. The second kappa shape index (κ2) is 5.91. The first kappa shape index (κ1) is 13.7. The molecule has 0 aliphatic carbocycles. The van der Waals surface area contributed by atoms with Crippen LogP contribution in [0, 0.1) is 6.92 Å². The molecule has 4 heteroatoms. The molecule has 17 heavy (non-hydrogen) atoms. The van der Waals surface area contributed by atoms with Crippen molar-refractivity contribution in [2.24, 2.45) is 0 Å². The maximum Gasteiger partial charge on any atom is 0.0749 e. The van der Waals surface area contributed by atoms with Crippen molar-refractivity contribution >= 4 is 55.0 Å². The minimum atomic E-state index is 0.279. The Balaban J connectivity index is 2.39. The lowest BCUT2D eigenvalue weighted by atomic mass is 10.1. The highest BCUT2D eigenvalue weighted by atomic mass is 79.9. The minimum absolute atomic E-state index is 0.279. The van der Waals surface area contributed by atoms with E-state index >= 15 is 0 Å². The summed E-state index contributed by atoms with van der Waals surface area (Å²) in [5.41, 5.74) is 2.64. The molecule has 2 aromatic rings. The van der Waals surface area contributed by atoms with E-state index in [2.05, 4.69) is 75.4 Å². The predicted molar refractivity (Wildman–Crippen MR) is 85.7 cm³/mol. The molecule has 2 rings (SSSR count). The predicted octanol–water partition coefficient (Wildman–Crippen LogP) is 6.03. The second-order valence-corrected chi connectivity index (χ2v) is 7.88. The molecule has 1 unspecified atom stereocenters. The van der Waals surface area contributed by atoms with Gasteiger partial charge in [-0.05, 0) is 52.4 Å². The monoisotopic (exact) mass is 390 g/mol. The first-order chi connectivity index (χ1) is 8.13. The van der Waals surface area contributed by atoms with Crippen LogP contribution in [0.25, 0.3) is 0 Å². The smallest absolute Gasteiger partial charge is 0.0749 e. The van der Waals surface area contributed by atoms with E-state index in [-0.39, 0.29) is 4.83 Å². The van der Waals surface area contributed by atoms with Crippen molar-refractivity contribution in [3.8, 4) is 0 Å². The highest BCUT2D eigenvalue weighted by molar-refractivity contribution is 9.11. The summed E-state index contributed by atoms with van der Waals surface area (Å²) >= 11 is 11.0. The number of hydrogen-bond acceptors (Lipinski definition) is 2. The molecule has 1 atom stereocenters. The third kappa shape index (κ3) is 2.98. The maximum absolute atomic E-state index is 3.81. The average Bonchev–Trinajstić information content (AvgIpc) is 2.68. The van der Waals surface area contributed by atoms with E-state index in [1.807, 2.05) is 0 Å². The van der Waals surface area contributed by atoms with Crippen LogP contribution in [0.2, 0.25) is 0 Å². The molecule has 0 N–H and O–H groups in total. The van der Waals surface area contributed by atoms with Crippen molar-refractivity contribution in [2.45, 2.75) is 16.6 Å². The normalized spacial score (nSPS) is 12.7. The van der Waals surface area contributed by atoms with E-state index in [1.165, 1.54) is 24.7 Å². The van der Waals surface area contributed by atoms with Gasteiger partial charge in [0.2, 0.25) is 0 Å². The Morgan fingerprint density at radius 1 is 1.29 bits per heavy atom. The highest BCUT2D eigenvalue weighted by Crippen LogP contribution is 2.41. The summed E-state index contributed by atoms with van der Waals surface area (Å²) in [6, 6.07) is 10.8. The summed E-state index contributed by atoms with van der Waals surface area (Å²) in [5, 5.41) is 0. The van der Waals surface area contributed by atoms with Crippen LogP contribution >= 0.6 is 55.0 Å². The van der Waals surface area contributed by atoms with Gasteiger partial charge in [0.25, 0.3) is 0 Å². The summed E-state index contributed by atoms with van der Waals surface area (Å²) in [5.74, 6) is 0. The van der Waals surface area contributed by atoms with Gasteiger partial charge in [0.05, 0.1) is 8.61 Å². The van der Waals surface area contributed by atoms with E-state index in [4.69, 9.17) is 0 Å². The lowest BCUT2D eigenvalue weighted by Crippen LogP contribution is -1.91. The lowest BCUT2D eigenvalue weighted by molar-refractivity contribution is 1.15. The third-order valence-electron chi connectivity index (χ3n) is 2.54. The first-order valence-electron chi connectivity index (χ1n) is 5.16. The summed E-state index contributed by atoms with van der Waals surface area (Å²) in [7, 11) is 0. The zero-order chi connectivity index (χ0) is 12.4. The Morgan fingerprint density at radius 3 is 2.59 bits per heavy atom. The summed E-state index contributed by atoms with van der Waals surface area (Å²) in [6.45, 7) is 2.13. The molecule has 90 valence electrons. The SMILES string of the molecule is CSc1ccccc1C(Br)c1cc(C)c(Br)s1. The number of halogens is 2. The van der Waals surface area contributed by atoms with E-state index in [1.54, 1.807) is 23.1 Å². The minimum Gasteiger partial charge on any atom is -0.131 e. The van der Waals surface area contributed by atoms with Gasteiger partial charge in [-0.3, -0.25) is 0 Å². The molecule has 0 bridgehead atoms. The van der Waals surface area contributed by atoms with Crippen molar-refractivity contribution in [2.75, 3.05) is 6.26 Å². The molecule has 1 aromatic heterocycles. The molecule has 1 aromatic carbocycles. The van der Waals surface area contributed by atoms with Crippen molar-refractivity contribution in [1.29, 1.82) is 0 Å². The summed E-state index contributed by atoms with van der Waals surface area (Å²) in [4.78, 5) is 2.95. The van der Waals surface area contributed by atoms with Gasteiger partial charge in [0.15, 0.2) is 0 Å². The molecule has 0 radical (unpaired) electrons. The first-order valence-corrected chi connectivity index (χ1v) is 8.91. The van der Waals surface area contributed by atoms with E-state index in [0.717, 1.165) is 0 Å². The standard InChI is InChI=1S/C13H12Br2S2/c1-8-7-11(17-13(8)15)12(14)9-5-3-4-6-10(9)16-2/h3-7,12H,1-2H3. The maximum atomic E-state index is 3.81. The second-order valence-electron chi connectivity index (χ2n) is 3.71. The number of alkyl halides is 1. The van der Waals surface area contributed by atoms with Gasteiger partial charge in [0.1, 0.15) is 0 Å². The molecule has 0 fully saturated rings. The molecule has 0 saturated heterocycles. The molecular formula is C13H12Br2S2. The molecular weight excluding hydrogens is 380 g/mol. The van der Waals surface area contributed by atoms with Gasteiger partial charge in [0, 0.05) is 9.77 Å². The fourth-order valence-corrected chi connectivity index (χ4v) is 4.81. The number of benzene rings is 1. The van der Waals surface area contributed by atoms with E-state index in [9.17, 15) is 0 Å². The van der Waals surface area contributed by atoms with Gasteiger partial charge >= 0.3 is 0 Å². The Labute approximate surface area is 127 Å². The molecule has 0 nitrogen and oxygen atoms in total. The van der Waals surface area contributed by atoms with Crippen LogP contribution in [-0.4, -0.2) is 6.26 Å². The van der Waals surface area contributed by atoms with Crippen LogP contribution in [0.5, 0.6) is 0 Å². The number of rotatable bonds is 3. The quantitative estimate of drug-likeness (QED) is 0.454. The Kier molecular flexibility index (Phi) is 4.75. The zero-order valence-corrected chi connectivity index (χ0v) is 14.3. The fourth-order valence-electron chi connectivity index (χ4n) is 1.64. The van der Waals surface area contributed by atoms with Crippen LogP contribution in [0.1, 0.15) is 20.8 Å². The van der Waals surface area contributed by atoms with E-state index in [0.29, 0.717) is 0 Å². The Bertz CT molecular complexity index is 500. The van der Waals surface area contributed by atoms with Crippen molar-refractivity contribution in [1.82, 2.24) is 0 Å². The zero-order valence-electron chi connectivity index (χ0n) is 9.54. The molecule has 0 aliphatic rings. The van der Waals surface area contributed by atoms with Gasteiger partial charge in [-0.2, -0.15) is 0 Å². The summed E-state index contributed by atoms with van der Waals surface area (Å²) < 4.78 is 1.22. The van der Waals surface area contributed by atoms with Gasteiger partial charge in [-0.15, -0.1) is 23.1 Å². The number of aryl methyl sites for hydroxylation is 1. The van der Waals surface area contributed by atoms with Gasteiger partial charge in [-0.25, -0.2) is 0 Å².